The molecule has 0 bridgehead atoms. The molecule has 0 saturated carbocycles. The van der Waals surface area contributed by atoms with Gasteiger partial charge >= 0.3 is 0 Å². The number of nitrogens with one attached hydrogen (secondary N) is 2. The zero-order valence-corrected chi connectivity index (χ0v) is 19.5. The van der Waals surface area contributed by atoms with E-state index in [-0.39, 0.29) is 11.3 Å². The lowest BCUT2D eigenvalue weighted by atomic mass is 9.92. The van der Waals surface area contributed by atoms with Crippen molar-refractivity contribution in [3.8, 4) is 5.75 Å². The first-order valence-electron chi connectivity index (χ1n) is 9.98. The first-order chi connectivity index (χ1) is 14.7. The van der Waals surface area contributed by atoms with Crippen molar-refractivity contribution in [3.63, 3.8) is 0 Å². The molecule has 7 heteroatoms. The van der Waals surface area contributed by atoms with Crippen molar-refractivity contribution in [2.45, 2.75) is 32.8 Å². The number of hydrogen-bond acceptors (Lipinski definition) is 5. The Hall–Kier alpha value is -3.19. The number of hydrogen-bond donors (Lipinski definition) is 2. The van der Waals surface area contributed by atoms with E-state index >= 15 is 0 Å². The molecule has 0 spiro atoms. The molecule has 2 aromatic carbocycles. The summed E-state index contributed by atoms with van der Waals surface area (Å²) in [5.74, 6) is 0.659. The molecule has 1 heterocycles. The highest BCUT2D eigenvalue weighted by atomic mass is 32.1. The normalized spacial score (nSPS) is 10.5. The Balaban J connectivity index is 0.000000221. The van der Waals surface area contributed by atoms with Gasteiger partial charge in [0.2, 0.25) is 0 Å². The van der Waals surface area contributed by atoms with Gasteiger partial charge in [0.15, 0.2) is 0 Å². The molecule has 3 rings (SSSR count). The van der Waals surface area contributed by atoms with Gasteiger partial charge in [0.25, 0.3) is 5.91 Å². The average molecular weight is 439 g/mol. The van der Waals surface area contributed by atoms with E-state index in [4.69, 9.17) is 4.74 Å². The number of amides is 1. The van der Waals surface area contributed by atoms with E-state index in [0.717, 1.165) is 17.1 Å². The summed E-state index contributed by atoms with van der Waals surface area (Å²) in [7, 11) is 3.64. The van der Waals surface area contributed by atoms with Crippen molar-refractivity contribution in [3.05, 3.63) is 77.6 Å². The lowest BCUT2D eigenvalue weighted by Crippen LogP contribution is -2.23. The number of anilines is 1. The van der Waals surface area contributed by atoms with Crippen LogP contribution >= 0.6 is 12.2 Å². The number of aromatic nitrogens is 2. The van der Waals surface area contributed by atoms with Gasteiger partial charge in [-0.15, -0.1) is 0 Å². The van der Waals surface area contributed by atoms with Crippen LogP contribution in [0, 0.1) is 0 Å². The van der Waals surface area contributed by atoms with Gasteiger partial charge in [-0.1, -0.05) is 69.4 Å². The Morgan fingerprint density at radius 2 is 1.84 bits per heavy atom. The lowest BCUT2D eigenvalue weighted by molar-refractivity contribution is 0.0970. The van der Waals surface area contributed by atoms with Gasteiger partial charge in [-0.05, 0) is 23.8 Å². The van der Waals surface area contributed by atoms with E-state index in [1.165, 1.54) is 11.1 Å². The number of rotatable bonds is 6. The molecule has 0 aliphatic heterocycles. The van der Waals surface area contributed by atoms with Crippen LogP contribution in [0.1, 0.15) is 42.5 Å². The number of carbonyl (C=O) groups is 1. The first-order valence-corrected chi connectivity index (χ1v) is 10.5. The molecule has 0 saturated heterocycles. The van der Waals surface area contributed by atoms with E-state index in [2.05, 4.69) is 60.9 Å². The number of aryl methyl sites for hydroxylation is 1. The molecule has 6 nitrogen and oxygen atoms in total. The Morgan fingerprint density at radius 1 is 1.13 bits per heavy atom. The number of thiocarbonyl (C=S) groups is 1. The second-order valence-electron chi connectivity index (χ2n) is 7.93. The molecule has 0 fully saturated rings. The minimum Gasteiger partial charge on any atom is -0.489 e. The van der Waals surface area contributed by atoms with Gasteiger partial charge < -0.3 is 15.4 Å². The molecular formula is C24H30N4O2S. The molecule has 31 heavy (non-hydrogen) atoms. The number of carbonyl (C=O) groups excluding carboxylic acids is 1. The van der Waals surface area contributed by atoms with E-state index in [1.807, 2.05) is 49.5 Å². The van der Waals surface area contributed by atoms with E-state index in [0.29, 0.717) is 12.3 Å². The van der Waals surface area contributed by atoms with Gasteiger partial charge in [0, 0.05) is 31.3 Å². The van der Waals surface area contributed by atoms with Crippen LogP contribution in [-0.4, -0.2) is 28.2 Å². The largest absolute Gasteiger partial charge is 0.489 e. The minimum absolute atomic E-state index is 0.0615. The van der Waals surface area contributed by atoms with Gasteiger partial charge in [-0.25, -0.2) is 0 Å². The molecule has 2 N–H and O–H groups in total. The third-order valence-corrected chi connectivity index (χ3v) is 4.56. The fourth-order valence-corrected chi connectivity index (χ4v) is 2.76. The zero-order chi connectivity index (χ0) is 22.9. The summed E-state index contributed by atoms with van der Waals surface area (Å²) >= 11 is 4.57. The zero-order valence-electron chi connectivity index (χ0n) is 18.7. The first kappa shape index (κ1) is 24.1. The van der Waals surface area contributed by atoms with Crippen LogP contribution in [0.4, 0.5) is 5.69 Å². The van der Waals surface area contributed by atoms with Crippen LogP contribution in [0.15, 0.2) is 60.7 Å². The summed E-state index contributed by atoms with van der Waals surface area (Å²) in [6.07, 6.45) is 0. The smallest absolute Gasteiger partial charge is 0.274 e. The van der Waals surface area contributed by atoms with Gasteiger partial charge in [-0.2, -0.15) is 5.10 Å². The molecule has 1 amide bonds. The summed E-state index contributed by atoms with van der Waals surface area (Å²) in [5.41, 5.74) is 4.78. The summed E-state index contributed by atoms with van der Waals surface area (Å²) in [6, 6.07) is 19.9. The topological polar surface area (TPSA) is 68.2 Å². The van der Waals surface area contributed by atoms with Crippen molar-refractivity contribution in [1.82, 2.24) is 15.1 Å². The van der Waals surface area contributed by atoms with Crippen molar-refractivity contribution in [1.29, 1.82) is 0 Å². The molecule has 1 aromatic heterocycles. The third-order valence-electron chi connectivity index (χ3n) is 4.44. The van der Waals surface area contributed by atoms with Crippen molar-refractivity contribution in [2.24, 2.45) is 7.05 Å². The monoisotopic (exact) mass is 438 g/mol. The Bertz CT molecular complexity index is 994. The highest BCUT2D eigenvalue weighted by Crippen LogP contribution is 2.21. The summed E-state index contributed by atoms with van der Waals surface area (Å²) in [6.45, 7) is 6.76. The van der Waals surface area contributed by atoms with Crippen molar-refractivity contribution in [2.75, 3.05) is 12.4 Å². The summed E-state index contributed by atoms with van der Waals surface area (Å²) < 4.78 is 7.26. The maximum atomic E-state index is 11.5. The maximum absolute atomic E-state index is 11.5. The maximum Gasteiger partial charge on any atom is 0.274 e. The lowest BCUT2D eigenvalue weighted by Gasteiger charge is -2.13. The van der Waals surface area contributed by atoms with Crippen LogP contribution in [0.3, 0.4) is 0 Å². The Labute approximate surface area is 189 Å². The van der Waals surface area contributed by atoms with Gasteiger partial charge in [-0.3, -0.25) is 9.48 Å². The summed E-state index contributed by atoms with van der Waals surface area (Å²) in [4.78, 5) is 11.5. The molecule has 0 radical (unpaired) electrons. The SMILES string of the molecule is CNc1cccc(OCc2ccccc2)c1.Cn1nc(C(C)(C)C)cc1C(=O)NC=S. The second kappa shape index (κ2) is 11.3. The standard InChI is InChI=1S/C14H15NO.C10H15N3OS/c1-15-13-8-5-9-14(10-13)16-11-12-6-3-2-4-7-12;1-10(2,3)8-5-7(13(4)12-8)9(14)11-6-15/h2-10,15H,11H2,1H3;5-6H,1-4H3,(H,11,14,15). The van der Waals surface area contributed by atoms with E-state index < -0.39 is 0 Å². The van der Waals surface area contributed by atoms with Crippen LogP contribution in [0.2, 0.25) is 0 Å². The number of ether oxygens (including phenoxy) is 1. The van der Waals surface area contributed by atoms with E-state index in [1.54, 1.807) is 17.8 Å². The molecule has 0 atom stereocenters. The van der Waals surface area contributed by atoms with Crippen molar-refractivity contribution < 1.29 is 9.53 Å². The molecular weight excluding hydrogens is 408 g/mol. The highest BCUT2D eigenvalue weighted by molar-refractivity contribution is 7.78. The third kappa shape index (κ3) is 7.53. The van der Waals surface area contributed by atoms with Crippen molar-refractivity contribution >= 4 is 29.3 Å². The molecule has 0 aliphatic carbocycles. The second-order valence-corrected chi connectivity index (χ2v) is 8.17. The molecule has 164 valence electrons. The van der Waals surface area contributed by atoms with Gasteiger partial charge in [0.1, 0.15) is 18.1 Å². The van der Waals surface area contributed by atoms with Crippen LogP contribution < -0.4 is 15.4 Å². The Kier molecular flexibility index (Phi) is 8.75. The van der Waals surface area contributed by atoms with Crippen LogP contribution in [0.25, 0.3) is 0 Å². The fraction of sp³-hybridized carbons (Fsp3) is 0.292. The van der Waals surface area contributed by atoms with E-state index in [9.17, 15) is 4.79 Å². The molecule has 3 aromatic rings. The predicted molar refractivity (Wildman–Crippen MR) is 130 cm³/mol. The average Bonchev–Trinajstić information content (AvgIpc) is 3.16. The number of benzene rings is 2. The van der Waals surface area contributed by atoms with Crippen LogP contribution in [0.5, 0.6) is 5.75 Å². The predicted octanol–water partition coefficient (Wildman–Crippen LogP) is 4.71. The highest BCUT2D eigenvalue weighted by Gasteiger charge is 2.21. The van der Waals surface area contributed by atoms with Crippen LogP contribution in [-0.2, 0) is 19.1 Å². The molecule has 0 unspecified atom stereocenters. The molecule has 0 aliphatic rings. The van der Waals surface area contributed by atoms with Gasteiger partial charge in [0.05, 0.1) is 11.2 Å². The Morgan fingerprint density at radius 3 is 2.42 bits per heavy atom. The fourth-order valence-electron chi connectivity index (χ4n) is 2.66. The number of nitrogens with zero attached hydrogens (tertiary/aromatic N) is 2. The minimum atomic E-state index is -0.226. The summed E-state index contributed by atoms with van der Waals surface area (Å²) in [5, 5.41) is 9.84. The quantitative estimate of drug-likeness (QED) is 0.546.